The van der Waals surface area contributed by atoms with Gasteiger partial charge in [0.05, 0.1) is 95.4 Å². The van der Waals surface area contributed by atoms with Crippen LogP contribution in [-0.4, -0.2) is 98.3 Å². The average Bonchev–Trinajstić information content (AvgIpc) is 1.60. The number of anilines is 6. The molecule has 34 heteroatoms. The predicted octanol–water partition coefficient (Wildman–Crippen LogP) is 17.4. The molecule has 1 amide bonds. The van der Waals surface area contributed by atoms with Gasteiger partial charge in [-0.25, -0.2) is 39.9 Å². The van der Waals surface area contributed by atoms with Crippen molar-refractivity contribution in [1.29, 1.82) is 0 Å². The summed E-state index contributed by atoms with van der Waals surface area (Å²) in [7, 11) is 1.68. The standard InChI is InChI=1S/C23H28F3N5O3Si.2C18H13F3N4.C12H11F3N4O/c1-33-20-8-7-17(14-27-20)29-21-18(12-16(13-28-21)23(24,25)26)30-22(32)19-6-5-9-31(19)15-34-10-11-35(2,3)4;2*1-11-6-7-14(10-22-11)25-16(12-4-2-3-5-12)24-15-8-13(18(19,20)21)9-23-17(15)25;1-20-10-3-2-8(6-17-10)19-11-9(16)4-7(5-18-11)12(13,14)15/h5-9,12-14H,10-11,15H2,1-4H3,(H,28,29)(H,30,32);2*2-4,6-10H,5H2,1H3;2-6H,16H2,1H3,(H,18,19). The lowest BCUT2D eigenvalue weighted by Gasteiger charge is -2.17. The molecule has 0 saturated carbocycles. The van der Waals surface area contributed by atoms with Gasteiger partial charge in [0.25, 0.3) is 5.91 Å². The van der Waals surface area contributed by atoms with Gasteiger partial charge >= 0.3 is 24.7 Å². The van der Waals surface area contributed by atoms with E-state index < -0.39 is 60.9 Å². The maximum absolute atomic E-state index is 13.3. The van der Waals surface area contributed by atoms with Crippen LogP contribution in [0.5, 0.6) is 11.8 Å². The summed E-state index contributed by atoms with van der Waals surface area (Å²) < 4.78 is 176. The summed E-state index contributed by atoms with van der Waals surface area (Å²) in [6, 6.07) is 21.8. The van der Waals surface area contributed by atoms with Crippen LogP contribution < -0.4 is 31.2 Å². The van der Waals surface area contributed by atoms with E-state index in [1.807, 2.05) is 74.6 Å². The summed E-state index contributed by atoms with van der Waals surface area (Å²) in [5.74, 6) is 1.52. The van der Waals surface area contributed by atoms with E-state index in [9.17, 15) is 57.5 Å². The van der Waals surface area contributed by atoms with Crippen molar-refractivity contribution in [2.24, 2.45) is 0 Å². The number of amides is 1. The first-order valence-electron chi connectivity index (χ1n) is 31.7. The molecular formula is C71H65F12N17O4Si. The van der Waals surface area contributed by atoms with E-state index in [0.29, 0.717) is 83.1 Å². The number of carbonyl (C=O) groups is 1. The number of hydrogen-bond acceptors (Lipinski definition) is 17. The molecule has 5 N–H and O–H groups in total. The van der Waals surface area contributed by atoms with E-state index in [2.05, 4.69) is 85.4 Å². The van der Waals surface area contributed by atoms with Crippen LogP contribution >= 0.6 is 0 Å². The Kier molecular flexibility index (Phi) is 23.0. The highest BCUT2D eigenvalue weighted by atomic mass is 28.3. The number of ether oxygens (including phenoxy) is 3. The number of aryl methyl sites for hydroxylation is 2. The summed E-state index contributed by atoms with van der Waals surface area (Å²) >= 11 is 0. The summed E-state index contributed by atoms with van der Waals surface area (Å²) in [6.45, 7) is 11.2. The number of halogens is 12. The van der Waals surface area contributed by atoms with Crippen LogP contribution in [0.2, 0.25) is 25.7 Å². The van der Waals surface area contributed by atoms with Crippen LogP contribution in [0.15, 0.2) is 177 Å². The number of methoxy groups -OCH3 is 2. The molecule has 0 bridgehead atoms. The number of rotatable bonds is 17. The highest BCUT2D eigenvalue weighted by Gasteiger charge is 2.36. The number of nitrogen functional groups attached to an aromatic ring is 1. The second kappa shape index (κ2) is 31.8. The molecule has 0 fully saturated rings. The normalized spacial score (nSPS) is 12.9. The average molecular weight is 1480 g/mol. The van der Waals surface area contributed by atoms with Gasteiger partial charge in [-0.05, 0) is 117 Å². The van der Waals surface area contributed by atoms with Gasteiger partial charge in [0.15, 0.2) is 22.9 Å². The molecule has 2 aliphatic rings. The molecular weight excluding hydrogens is 1410 g/mol. The Hall–Kier alpha value is -11.8. The number of pyridine rings is 8. The predicted molar refractivity (Wildman–Crippen MR) is 374 cm³/mol. The highest BCUT2D eigenvalue weighted by Crippen LogP contribution is 2.38. The zero-order chi connectivity index (χ0) is 75.6. The van der Waals surface area contributed by atoms with Crippen molar-refractivity contribution in [2.75, 3.05) is 42.5 Å². The minimum absolute atomic E-state index is 0.0304. The topological polar surface area (TPSA) is 251 Å². The number of hydrogen-bond donors (Lipinski definition) is 4. The SMILES string of the molecule is COc1ccc(Nc2ncc(C(F)(F)F)cc2N)cn1.COc1ccc(Nc2ncc(C(F)(F)F)cc2NC(=O)c2cccn2COCC[Si](C)(C)C)cn1.Cc1ccc(-n2c(C3=CC=CC3)nc3cc(C(F)(F)F)cnc32)cn1.Cc1ccc(-n2c(C3=CC=CC3)nc3cc(C(F)(F)F)cnc32)cn1. The van der Waals surface area contributed by atoms with Gasteiger partial charge in [0.1, 0.15) is 35.1 Å². The van der Waals surface area contributed by atoms with Crippen LogP contribution in [0.1, 0.15) is 68.6 Å². The Morgan fingerprint density at radius 1 is 0.543 bits per heavy atom. The van der Waals surface area contributed by atoms with Crippen molar-refractivity contribution in [1.82, 2.24) is 63.5 Å². The van der Waals surface area contributed by atoms with Gasteiger partial charge < -0.3 is 40.5 Å². The van der Waals surface area contributed by atoms with Crippen LogP contribution in [0, 0.1) is 13.8 Å². The molecule has 0 radical (unpaired) electrons. The Balaban J connectivity index is 0.000000153. The van der Waals surface area contributed by atoms with Crippen molar-refractivity contribution < 1.29 is 71.7 Å². The first kappa shape index (κ1) is 75.8. The molecule has 0 aromatic carbocycles. The smallest absolute Gasteiger partial charge is 0.417 e. The van der Waals surface area contributed by atoms with Crippen molar-refractivity contribution in [3.8, 4) is 23.1 Å². The monoisotopic (exact) mass is 1480 g/mol. The molecule has 0 aliphatic heterocycles. The van der Waals surface area contributed by atoms with Gasteiger partial charge in [-0.2, -0.15) is 52.7 Å². The zero-order valence-electron chi connectivity index (χ0n) is 56.8. The van der Waals surface area contributed by atoms with Crippen molar-refractivity contribution in [2.45, 2.75) is 83.8 Å². The number of fused-ring (bicyclic) bond motifs is 2. The molecule has 0 atom stereocenters. The fourth-order valence-corrected chi connectivity index (χ4v) is 10.8. The maximum Gasteiger partial charge on any atom is 0.417 e. The number of carbonyl (C=O) groups excluding carboxylic acids is 1. The highest BCUT2D eigenvalue weighted by molar-refractivity contribution is 6.76. The first-order chi connectivity index (χ1) is 49.7. The molecule has 0 spiro atoms. The van der Waals surface area contributed by atoms with Crippen LogP contribution in [0.4, 0.5) is 87.1 Å². The largest absolute Gasteiger partial charge is 0.481 e. The first-order valence-corrected chi connectivity index (χ1v) is 35.4. The maximum atomic E-state index is 13.3. The van der Waals surface area contributed by atoms with Gasteiger partial charge in [-0.3, -0.25) is 23.9 Å². The van der Waals surface area contributed by atoms with E-state index in [1.165, 1.54) is 26.6 Å². The van der Waals surface area contributed by atoms with E-state index >= 15 is 0 Å². The summed E-state index contributed by atoms with van der Waals surface area (Å²) in [6.07, 6.45) is 5.92. The fourth-order valence-electron chi connectivity index (χ4n) is 10.0. The number of imidazole rings is 2. The molecule has 11 aromatic heterocycles. The third-order valence-corrected chi connectivity index (χ3v) is 17.2. The van der Waals surface area contributed by atoms with Crippen LogP contribution in [0.25, 0.3) is 44.8 Å². The second-order valence-corrected chi connectivity index (χ2v) is 30.1. The number of aromatic nitrogens is 13. The Morgan fingerprint density at radius 2 is 1.00 bits per heavy atom. The minimum atomic E-state index is -4.63. The zero-order valence-corrected chi connectivity index (χ0v) is 57.8. The van der Waals surface area contributed by atoms with Crippen molar-refractivity contribution in [3.05, 3.63) is 228 Å². The number of nitrogens with one attached hydrogen (secondary N) is 3. The van der Waals surface area contributed by atoms with Gasteiger partial charge in [-0.1, -0.05) is 56.1 Å². The summed E-state index contributed by atoms with van der Waals surface area (Å²) in [5, 5.41) is 8.21. The summed E-state index contributed by atoms with van der Waals surface area (Å²) in [4.78, 5) is 54.0. The molecule has 13 rings (SSSR count). The number of alkyl halides is 12. The van der Waals surface area contributed by atoms with Gasteiger partial charge in [0.2, 0.25) is 11.8 Å². The Labute approximate surface area is 592 Å². The number of nitrogens with two attached hydrogens (primary N) is 1. The van der Waals surface area contributed by atoms with E-state index in [4.69, 9.17) is 19.9 Å². The number of allylic oxidation sites excluding steroid dienone is 8. The molecule has 11 aromatic rings. The Morgan fingerprint density at radius 3 is 1.41 bits per heavy atom. The molecule has 105 heavy (non-hydrogen) atoms. The van der Waals surface area contributed by atoms with Crippen LogP contribution in [-0.2, 0) is 36.2 Å². The van der Waals surface area contributed by atoms with Crippen molar-refractivity contribution in [3.63, 3.8) is 0 Å². The lowest BCUT2D eigenvalue weighted by molar-refractivity contribution is -0.138. The van der Waals surface area contributed by atoms with Crippen LogP contribution in [0.3, 0.4) is 0 Å². The van der Waals surface area contributed by atoms with Gasteiger partial charge in [-0.15, -0.1) is 0 Å². The fraction of sp³-hybridized carbons (Fsp3) is 0.225. The van der Waals surface area contributed by atoms with Crippen molar-refractivity contribution >= 4 is 81.8 Å². The molecule has 0 saturated heterocycles. The third-order valence-electron chi connectivity index (χ3n) is 15.5. The minimum Gasteiger partial charge on any atom is -0.481 e. The quantitative estimate of drug-likeness (QED) is 0.0376. The van der Waals surface area contributed by atoms with E-state index in [0.717, 1.165) is 71.4 Å². The molecule has 546 valence electrons. The summed E-state index contributed by atoms with van der Waals surface area (Å²) in [5.41, 5.74) is 9.18. The van der Waals surface area contributed by atoms with E-state index in [-0.39, 0.29) is 46.5 Å². The third kappa shape index (κ3) is 19.5. The van der Waals surface area contributed by atoms with Gasteiger partial charge in [0, 0.05) is 69.2 Å². The molecule has 11 heterocycles. The molecule has 2 aliphatic carbocycles. The van der Waals surface area contributed by atoms with E-state index in [1.54, 1.807) is 68.7 Å². The molecule has 0 unspecified atom stereocenters. The lowest BCUT2D eigenvalue weighted by Crippen LogP contribution is -2.23. The second-order valence-electron chi connectivity index (χ2n) is 24.5. The number of nitrogens with zero attached hydrogens (tertiary/aromatic N) is 13. The Bertz CT molecular complexity index is 4840. The molecule has 21 nitrogen and oxygen atoms in total. The lowest BCUT2D eigenvalue weighted by atomic mass is 10.2.